The Hall–Kier alpha value is -2.15. The molecule has 0 atom stereocenters. The second kappa shape index (κ2) is 5.46. The maximum atomic E-state index is 13.5. The molecule has 4 N–H and O–H groups in total. The number of anilines is 3. The Kier molecular flexibility index (Phi) is 3.89. The van der Waals surface area contributed by atoms with Gasteiger partial charge in [-0.25, -0.2) is 14.2 Å². The van der Waals surface area contributed by atoms with Gasteiger partial charge in [-0.3, -0.25) is 0 Å². The van der Waals surface area contributed by atoms with E-state index in [-0.39, 0.29) is 17.1 Å². The van der Waals surface area contributed by atoms with Crippen LogP contribution in [0.2, 0.25) is 0 Å². The number of hydrogen-bond donors (Lipinski definition) is 3. The summed E-state index contributed by atoms with van der Waals surface area (Å²) in [6, 6.07) is 4.22. The van der Waals surface area contributed by atoms with Crippen molar-refractivity contribution in [2.45, 2.75) is 6.92 Å². The predicted molar refractivity (Wildman–Crippen MR) is 77.7 cm³/mol. The van der Waals surface area contributed by atoms with E-state index >= 15 is 0 Å². The number of nitrogens with two attached hydrogens (primary N) is 1. The lowest BCUT2D eigenvalue weighted by Gasteiger charge is -2.11. The average molecular weight is 340 g/mol. The first kappa shape index (κ1) is 14.3. The second-order valence-electron chi connectivity index (χ2n) is 4.17. The van der Waals surface area contributed by atoms with Crippen LogP contribution < -0.4 is 11.1 Å². The number of benzene rings is 1. The molecule has 0 radical (unpaired) electrons. The molecule has 0 aliphatic carbocycles. The lowest BCUT2D eigenvalue weighted by atomic mass is 10.2. The topological polar surface area (TPSA) is 88.2 Å². The lowest BCUT2D eigenvalue weighted by Crippen LogP contribution is -2.05. The molecular weight excluding hydrogens is 329 g/mol. The van der Waals surface area contributed by atoms with Crippen LogP contribution in [-0.2, 0) is 0 Å². The number of carbonyl (C=O) groups is 1. The zero-order chi connectivity index (χ0) is 14.9. The largest absolute Gasteiger partial charge is 0.478 e. The number of carboxylic acids is 1. The van der Waals surface area contributed by atoms with Crippen LogP contribution in [0.3, 0.4) is 0 Å². The number of hydrogen-bond acceptors (Lipinski definition) is 4. The summed E-state index contributed by atoms with van der Waals surface area (Å²) in [6.07, 6.45) is 1.25. The number of nitrogen functional groups attached to an aromatic ring is 1. The van der Waals surface area contributed by atoms with Gasteiger partial charge in [0, 0.05) is 5.69 Å². The van der Waals surface area contributed by atoms with Crippen LogP contribution in [-0.4, -0.2) is 16.1 Å². The van der Waals surface area contributed by atoms with Gasteiger partial charge in [0.1, 0.15) is 11.6 Å². The van der Waals surface area contributed by atoms with Gasteiger partial charge in [-0.15, -0.1) is 0 Å². The first-order valence-corrected chi connectivity index (χ1v) is 6.39. The molecule has 1 aromatic heterocycles. The minimum Gasteiger partial charge on any atom is -0.478 e. The fourth-order valence-electron chi connectivity index (χ4n) is 1.64. The van der Waals surface area contributed by atoms with Crippen molar-refractivity contribution >= 4 is 39.1 Å². The smallest absolute Gasteiger partial charge is 0.337 e. The number of aromatic carboxylic acids is 1. The third-order valence-corrected chi connectivity index (χ3v) is 3.30. The molecule has 7 heteroatoms. The summed E-state index contributed by atoms with van der Waals surface area (Å²) in [5.41, 5.74) is 6.82. The van der Waals surface area contributed by atoms with Crippen molar-refractivity contribution in [1.82, 2.24) is 4.98 Å². The Labute approximate surface area is 122 Å². The summed E-state index contributed by atoms with van der Waals surface area (Å²) >= 11 is 3.09. The molecule has 1 heterocycles. The maximum absolute atomic E-state index is 13.5. The molecule has 104 valence electrons. The number of rotatable bonds is 3. The molecule has 0 bridgehead atoms. The standard InChI is InChI=1S/C13H11BrFN3O2/c1-6-2-8(14)9(15)4-11(6)18-12-3-7(13(19)20)10(16)5-17-12/h2-5H,16H2,1H3,(H,17,18)(H,19,20). The molecule has 20 heavy (non-hydrogen) atoms. The van der Waals surface area contributed by atoms with Crippen molar-refractivity contribution in [3.05, 3.63) is 45.8 Å². The van der Waals surface area contributed by atoms with Gasteiger partial charge in [0.25, 0.3) is 0 Å². The Balaban J connectivity index is 2.38. The number of pyridine rings is 1. The summed E-state index contributed by atoms with van der Waals surface area (Å²) in [7, 11) is 0. The van der Waals surface area contributed by atoms with E-state index in [0.29, 0.717) is 10.2 Å². The molecule has 2 aromatic rings. The van der Waals surface area contributed by atoms with Crippen LogP contribution in [0.1, 0.15) is 15.9 Å². The summed E-state index contributed by atoms with van der Waals surface area (Å²) in [6.45, 7) is 1.79. The highest BCUT2D eigenvalue weighted by Crippen LogP contribution is 2.26. The van der Waals surface area contributed by atoms with E-state index in [1.807, 2.05) is 0 Å². The summed E-state index contributed by atoms with van der Waals surface area (Å²) < 4.78 is 13.9. The van der Waals surface area contributed by atoms with E-state index in [1.54, 1.807) is 13.0 Å². The van der Waals surface area contributed by atoms with E-state index in [0.717, 1.165) is 5.56 Å². The van der Waals surface area contributed by atoms with E-state index in [4.69, 9.17) is 10.8 Å². The van der Waals surface area contributed by atoms with Gasteiger partial charge in [-0.05, 0) is 46.6 Å². The van der Waals surface area contributed by atoms with Gasteiger partial charge in [0.05, 0.1) is 21.9 Å². The summed E-state index contributed by atoms with van der Waals surface area (Å²) in [5, 5.41) is 11.9. The highest BCUT2D eigenvalue weighted by Gasteiger charge is 2.11. The third kappa shape index (κ3) is 2.88. The van der Waals surface area contributed by atoms with Gasteiger partial charge in [0.2, 0.25) is 0 Å². The van der Waals surface area contributed by atoms with Gasteiger partial charge in [0.15, 0.2) is 0 Å². The Morgan fingerprint density at radius 2 is 2.15 bits per heavy atom. The van der Waals surface area contributed by atoms with Crippen molar-refractivity contribution < 1.29 is 14.3 Å². The molecule has 2 rings (SSSR count). The van der Waals surface area contributed by atoms with Gasteiger partial charge >= 0.3 is 5.97 Å². The first-order chi connectivity index (χ1) is 9.38. The summed E-state index contributed by atoms with van der Waals surface area (Å²) in [4.78, 5) is 15.0. The second-order valence-corrected chi connectivity index (χ2v) is 5.02. The van der Waals surface area contributed by atoms with Crippen molar-refractivity contribution in [2.24, 2.45) is 0 Å². The van der Waals surface area contributed by atoms with E-state index < -0.39 is 11.8 Å². The quantitative estimate of drug-likeness (QED) is 0.798. The first-order valence-electron chi connectivity index (χ1n) is 5.60. The third-order valence-electron chi connectivity index (χ3n) is 2.70. The highest BCUT2D eigenvalue weighted by molar-refractivity contribution is 9.10. The molecule has 0 aliphatic rings. The van der Waals surface area contributed by atoms with Crippen LogP contribution >= 0.6 is 15.9 Å². The average Bonchev–Trinajstić information content (AvgIpc) is 2.37. The molecule has 1 aromatic carbocycles. The minimum atomic E-state index is -1.15. The maximum Gasteiger partial charge on any atom is 0.337 e. The Morgan fingerprint density at radius 1 is 1.45 bits per heavy atom. The van der Waals surface area contributed by atoms with Crippen LogP contribution in [0.25, 0.3) is 0 Å². The number of aromatic nitrogens is 1. The SMILES string of the molecule is Cc1cc(Br)c(F)cc1Nc1cc(C(=O)O)c(N)cn1. The normalized spacial score (nSPS) is 10.3. The van der Waals surface area contributed by atoms with Crippen LogP contribution in [0.4, 0.5) is 21.6 Å². The fraction of sp³-hybridized carbons (Fsp3) is 0.0769. The predicted octanol–water partition coefficient (Wildman–Crippen LogP) is 3.32. The zero-order valence-corrected chi connectivity index (χ0v) is 12.0. The lowest BCUT2D eigenvalue weighted by molar-refractivity contribution is 0.0698. The molecule has 0 saturated heterocycles. The van der Waals surface area contributed by atoms with Gasteiger partial charge < -0.3 is 16.2 Å². The molecule has 0 fully saturated rings. The van der Waals surface area contributed by atoms with E-state index in [1.165, 1.54) is 18.3 Å². The molecule has 0 spiro atoms. The van der Waals surface area contributed by atoms with Crippen LogP contribution in [0.5, 0.6) is 0 Å². The number of halogens is 2. The van der Waals surface area contributed by atoms with Crippen molar-refractivity contribution in [3.8, 4) is 0 Å². The molecule has 0 aliphatic heterocycles. The molecular formula is C13H11BrFN3O2. The highest BCUT2D eigenvalue weighted by atomic mass is 79.9. The molecule has 0 unspecified atom stereocenters. The molecule has 0 amide bonds. The fourth-order valence-corrected chi connectivity index (χ4v) is 2.10. The van der Waals surface area contributed by atoms with Crippen molar-refractivity contribution in [2.75, 3.05) is 11.1 Å². The number of carboxylic acid groups (broad SMARTS) is 1. The Morgan fingerprint density at radius 3 is 2.80 bits per heavy atom. The number of aryl methyl sites for hydroxylation is 1. The van der Waals surface area contributed by atoms with Gasteiger partial charge in [-0.1, -0.05) is 0 Å². The van der Waals surface area contributed by atoms with Crippen LogP contribution in [0, 0.1) is 12.7 Å². The van der Waals surface area contributed by atoms with Crippen molar-refractivity contribution in [1.29, 1.82) is 0 Å². The zero-order valence-electron chi connectivity index (χ0n) is 10.4. The van der Waals surface area contributed by atoms with E-state index in [2.05, 4.69) is 26.2 Å². The minimum absolute atomic E-state index is 0.0577. The van der Waals surface area contributed by atoms with Gasteiger partial charge in [-0.2, -0.15) is 0 Å². The monoisotopic (exact) mass is 339 g/mol. The van der Waals surface area contributed by atoms with Crippen molar-refractivity contribution in [3.63, 3.8) is 0 Å². The summed E-state index contributed by atoms with van der Waals surface area (Å²) in [5.74, 6) is -1.29. The number of nitrogens with zero attached hydrogens (tertiary/aromatic N) is 1. The van der Waals surface area contributed by atoms with E-state index in [9.17, 15) is 9.18 Å². The molecule has 5 nitrogen and oxygen atoms in total. The Bertz CT molecular complexity index is 692. The van der Waals surface area contributed by atoms with Crippen LogP contribution in [0.15, 0.2) is 28.9 Å². The number of nitrogens with one attached hydrogen (secondary N) is 1. The molecule has 0 saturated carbocycles.